The predicted molar refractivity (Wildman–Crippen MR) is 115 cm³/mol. The van der Waals surface area contributed by atoms with Crippen LogP contribution in [0.2, 0.25) is 0 Å². The van der Waals surface area contributed by atoms with E-state index in [1.54, 1.807) is 4.90 Å². The van der Waals surface area contributed by atoms with Crippen LogP contribution in [0.1, 0.15) is 58.8 Å². The smallest absolute Gasteiger partial charge is 0.325 e. The molecule has 2 atom stereocenters. The molecule has 0 radical (unpaired) electrons. The van der Waals surface area contributed by atoms with Crippen molar-refractivity contribution in [1.82, 2.24) is 20.0 Å². The van der Waals surface area contributed by atoms with Crippen LogP contribution < -0.4 is 5.32 Å². The molecule has 4 aliphatic rings. The molecule has 3 aliphatic heterocycles. The molecule has 0 aromatic carbocycles. The standard InChI is InChI=1S/C23H34N4O4/c1-16(2)19(28)25-13-10-23(11-14-25)21(30)27(22(31)24-23)18-9-6-12-26(15-18)20(29)17-7-4-3-5-8-17/h3-4,16-18H,5-15H2,1-2H3,(H,24,31). The lowest BCUT2D eigenvalue weighted by Gasteiger charge is -2.40. The fourth-order valence-corrected chi connectivity index (χ4v) is 5.43. The molecule has 1 spiro atoms. The number of nitrogens with one attached hydrogen (secondary N) is 1. The van der Waals surface area contributed by atoms with E-state index in [9.17, 15) is 19.2 Å². The summed E-state index contributed by atoms with van der Waals surface area (Å²) >= 11 is 0. The Balaban J connectivity index is 1.41. The van der Waals surface area contributed by atoms with E-state index in [2.05, 4.69) is 17.5 Å². The third-order valence-electron chi connectivity index (χ3n) is 7.31. The highest BCUT2D eigenvalue weighted by Gasteiger charge is 2.55. The largest absolute Gasteiger partial charge is 0.342 e. The summed E-state index contributed by atoms with van der Waals surface area (Å²) in [5.41, 5.74) is -0.911. The number of nitrogens with zero attached hydrogens (tertiary/aromatic N) is 3. The lowest BCUT2D eigenvalue weighted by Crippen LogP contribution is -2.57. The Hall–Kier alpha value is -2.38. The molecule has 8 heteroatoms. The van der Waals surface area contributed by atoms with E-state index in [1.165, 1.54) is 4.90 Å². The van der Waals surface area contributed by atoms with Gasteiger partial charge in [0.25, 0.3) is 5.91 Å². The fraction of sp³-hybridized carbons (Fsp3) is 0.739. The maximum atomic E-state index is 13.4. The Kier molecular flexibility index (Phi) is 6.08. The number of rotatable bonds is 3. The molecule has 4 rings (SSSR count). The second kappa shape index (κ2) is 8.63. The van der Waals surface area contributed by atoms with E-state index in [0.29, 0.717) is 39.0 Å². The zero-order valence-corrected chi connectivity index (χ0v) is 18.6. The van der Waals surface area contributed by atoms with Gasteiger partial charge in [-0.3, -0.25) is 19.3 Å². The number of hydrogen-bond donors (Lipinski definition) is 1. The van der Waals surface area contributed by atoms with Gasteiger partial charge in [-0.15, -0.1) is 0 Å². The summed E-state index contributed by atoms with van der Waals surface area (Å²) in [6.07, 6.45) is 9.17. The summed E-state index contributed by atoms with van der Waals surface area (Å²) in [6, 6.07) is -0.632. The first-order valence-corrected chi connectivity index (χ1v) is 11.7. The molecular formula is C23H34N4O4. The van der Waals surface area contributed by atoms with E-state index in [-0.39, 0.29) is 41.6 Å². The first-order chi connectivity index (χ1) is 14.8. The van der Waals surface area contributed by atoms with Gasteiger partial charge in [-0.2, -0.15) is 0 Å². The topological polar surface area (TPSA) is 90.0 Å². The van der Waals surface area contributed by atoms with Gasteiger partial charge in [0.05, 0.1) is 6.04 Å². The van der Waals surface area contributed by atoms with Crippen molar-refractivity contribution < 1.29 is 19.2 Å². The average molecular weight is 431 g/mol. The zero-order valence-electron chi connectivity index (χ0n) is 18.6. The summed E-state index contributed by atoms with van der Waals surface area (Å²) in [7, 11) is 0. The van der Waals surface area contributed by atoms with E-state index in [4.69, 9.17) is 0 Å². The second-order valence-electron chi connectivity index (χ2n) is 9.73. The number of carbonyl (C=O) groups is 4. The molecule has 3 fully saturated rings. The van der Waals surface area contributed by atoms with Crippen molar-refractivity contribution in [3.8, 4) is 0 Å². The maximum Gasteiger partial charge on any atom is 0.325 e. The molecule has 3 heterocycles. The first-order valence-electron chi connectivity index (χ1n) is 11.7. The SMILES string of the molecule is CC(C)C(=O)N1CCC2(CC1)NC(=O)N(C1CCCN(C(=O)C3CC=CCC3)C1)C2=O. The molecule has 31 heavy (non-hydrogen) atoms. The van der Waals surface area contributed by atoms with Crippen LogP contribution in [0, 0.1) is 11.8 Å². The van der Waals surface area contributed by atoms with Crippen molar-refractivity contribution in [3.05, 3.63) is 12.2 Å². The third-order valence-corrected chi connectivity index (χ3v) is 7.31. The Morgan fingerprint density at radius 3 is 2.45 bits per heavy atom. The third kappa shape index (κ3) is 4.08. The van der Waals surface area contributed by atoms with E-state index in [1.807, 2.05) is 18.7 Å². The van der Waals surface area contributed by atoms with Crippen LogP contribution in [0.25, 0.3) is 0 Å². The lowest BCUT2D eigenvalue weighted by molar-refractivity contribution is -0.143. The van der Waals surface area contributed by atoms with Crippen LogP contribution in [0.3, 0.4) is 0 Å². The number of likely N-dealkylation sites (tertiary alicyclic amines) is 2. The van der Waals surface area contributed by atoms with Gasteiger partial charge in [0.15, 0.2) is 0 Å². The average Bonchev–Trinajstić information content (AvgIpc) is 3.02. The summed E-state index contributed by atoms with van der Waals surface area (Å²) in [5.74, 6) is -0.0151. The van der Waals surface area contributed by atoms with Crippen molar-refractivity contribution in [3.63, 3.8) is 0 Å². The fourth-order valence-electron chi connectivity index (χ4n) is 5.43. The van der Waals surface area contributed by atoms with Gasteiger partial charge in [-0.05, 0) is 44.9 Å². The van der Waals surface area contributed by atoms with Gasteiger partial charge >= 0.3 is 6.03 Å². The molecule has 8 nitrogen and oxygen atoms in total. The summed E-state index contributed by atoms with van der Waals surface area (Å²) in [5, 5.41) is 2.95. The summed E-state index contributed by atoms with van der Waals surface area (Å²) < 4.78 is 0. The highest BCUT2D eigenvalue weighted by molar-refractivity contribution is 6.07. The minimum absolute atomic E-state index is 0.0148. The van der Waals surface area contributed by atoms with Gasteiger partial charge in [-0.1, -0.05) is 26.0 Å². The number of piperidine rings is 2. The summed E-state index contributed by atoms with van der Waals surface area (Å²) in [6.45, 7) is 5.80. The molecule has 2 unspecified atom stereocenters. The molecule has 1 N–H and O–H groups in total. The highest BCUT2D eigenvalue weighted by atomic mass is 16.2. The number of urea groups is 1. The number of imide groups is 1. The van der Waals surface area contributed by atoms with Crippen LogP contribution in [-0.2, 0) is 14.4 Å². The van der Waals surface area contributed by atoms with Crippen molar-refractivity contribution in [2.45, 2.75) is 70.4 Å². The predicted octanol–water partition coefficient (Wildman–Crippen LogP) is 1.90. The van der Waals surface area contributed by atoms with Gasteiger partial charge in [0.2, 0.25) is 11.8 Å². The second-order valence-corrected chi connectivity index (χ2v) is 9.73. The van der Waals surface area contributed by atoms with Crippen LogP contribution in [0.5, 0.6) is 0 Å². The minimum Gasteiger partial charge on any atom is -0.342 e. The number of carbonyl (C=O) groups excluding carboxylic acids is 4. The van der Waals surface area contributed by atoms with Gasteiger partial charge in [-0.25, -0.2) is 4.79 Å². The van der Waals surface area contributed by atoms with Crippen LogP contribution in [-0.4, -0.2) is 76.2 Å². The van der Waals surface area contributed by atoms with E-state index >= 15 is 0 Å². The summed E-state index contributed by atoms with van der Waals surface area (Å²) in [4.78, 5) is 56.6. The zero-order chi connectivity index (χ0) is 22.2. The number of hydrogen-bond acceptors (Lipinski definition) is 4. The molecule has 0 aromatic heterocycles. The Morgan fingerprint density at radius 2 is 1.81 bits per heavy atom. The van der Waals surface area contributed by atoms with Gasteiger partial charge in [0.1, 0.15) is 5.54 Å². The Labute approximate surface area is 184 Å². The normalized spacial score (nSPS) is 28.4. The van der Waals surface area contributed by atoms with Gasteiger partial charge < -0.3 is 15.1 Å². The minimum atomic E-state index is -0.911. The molecule has 5 amide bonds. The molecule has 1 aliphatic carbocycles. The van der Waals surface area contributed by atoms with Crippen molar-refractivity contribution in [1.29, 1.82) is 0 Å². The first kappa shape index (κ1) is 21.8. The van der Waals surface area contributed by atoms with Gasteiger partial charge in [0, 0.05) is 38.0 Å². The van der Waals surface area contributed by atoms with Crippen LogP contribution in [0.15, 0.2) is 12.2 Å². The quantitative estimate of drug-likeness (QED) is 0.547. The van der Waals surface area contributed by atoms with Crippen LogP contribution >= 0.6 is 0 Å². The molecule has 0 saturated carbocycles. The Morgan fingerprint density at radius 1 is 1.06 bits per heavy atom. The van der Waals surface area contributed by atoms with Crippen LogP contribution in [0.4, 0.5) is 4.79 Å². The van der Waals surface area contributed by atoms with E-state index in [0.717, 1.165) is 32.1 Å². The molecule has 3 saturated heterocycles. The maximum absolute atomic E-state index is 13.4. The molecule has 170 valence electrons. The van der Waals surface area contributed by atoms with E-state index < -0.39 is 5.54 Å². The molecule has 0 aromatic rings. The number of amides is 5. The lowest BCUT2D eigenvalue weighted by atomic mass is 9.86. The number of allylic oxidation sites excluding steroid dienone is 2. The highest BCUT2D eigenvalue weighted by Crippen LogP contribution is 2.33. The molecular weight excluding hydrogens is 396 g/mol. The molecule has 0 bridgehead atoms. The van der Waals surface area contributed by atoms with Crippen molar-refractivity contribution in [2.75, 3.05) is 26.2 Å². The van der Waals surface area contributed by atoms with Crippen molar-refractivity contribution in [2.24, 2.45) is 11.8 Å². The van der Waals surface area contributed by atoms with Crippen molar-refractivity contribution >= 4 is 23.8 Å². The monoisotopic (exact) mass is 430 g/mol. The Bertz CT molecular complexity index is 784.